The lowest BCUT2D eigenvalue weighted by atomic mass is 9.78. The Balaban J connectivity index is 1.54. The van der Waals surface area contributed by atoms with Crippen LogP contribution in [0.15, 0.2) is 42.5 Å². The van der Waals surface area contributed by atoms with E-state index in [9.17, 15) is 13.2 Å². The van der Waals surface area contributed by atoms with E-state index < -0.39 is 17.5 Å². The molecule has 1 fully saturated rings. The number of rotatable bonds is 7. The summed E-state index contributed by atoms with van der Waals surface area (Å²) in [5, 5.41) is -0.202. The zero-order chi connectivity index (χ0) is 20.1. The van der Waals surface area contributed by atoms with Gasteiger partial charge in [-0.05, 0) is 60.6 Å². The van der Waals surface area contributed by atoms with Crippen LogP contribution < -0.4 is 4.74 Å². The third-order valence-electron chi connectivity index (χ3n) is 5.81. The van der Waals surface area contributed by atoms with E-state index in [4.69, 9.17) is 16.3 Å². The van der Waals surface area contributed by atoms with Crippen molar-refractivity contribution < 1.29 is 17.9 Å². The summed E-state index contributed by atoms with van der Waals surface area (Å²) in [4.78, 5) is 0. The molecular formula is C23H26ClF3O. The average Bonchev–Trinajstić information content (AvgIpc) is 2.69. The molecule has 1 saturated carbocycles. The van der Waals surface area contributed by atoms with Gasteiger partial charge in [0.2, 0.25) is 0 Å². The maximum Gasteiger partial charge on any atom is 0.426 e. The number of ether oxygens (including phenoxy) is 1. The zero-order valence-corrected chi connectivity index (χ0v) is 16.8. The van der Waals surface area contributed by atoms with Crippen LogP contribution in [0.5, 0.6) is 5.75 Å². The Kier molecular flexibility index (Phi) is 6.92. The molecule has 0 bridgehead atoms. The summed E-state index contributed by atoms with van der Waals surface area (Å²) in [5.74, 6) is 0.810. The van der Waals surface area contributed by atoms with Crippen LogP contribution in [0, 0.1) is 17.7 Å². The molecule has 0 aliphatic heterocycles. The number of hydrogen-bond donors (Lipinski definition) is 0. The molecule has 0 radical (unpaired) electrons. The molecule has 3 rings (SSSR count). The summed E-state index contributed by atoms with van der Waals surface area (Å²) in [6, 6.07) is 9.60. The molecule has 0 aromatic heterocycles. The van der Waals surface area contributed by atoms with E-state index in [1.165, 1.54) is 32.1 Å². The molecule has 152 valence electrons. The topological polar surface area (TPSA) is 9.23 Å². The highest BCUT2D eigenvalue weighted by molar-refractivity contribution is 6.30. The SMILES string of the molecule is CCC1CCC(CCc2ccc(OC(F)(F)c3ccc(Cl)c(F)c3)cc2)CC1. The molecule has 2 aromatic carbocycles. The lowest BCUT2D eigenvalue weighted by molar-refractivity contribution is -0.185. The summed E-state index contributed by atoms with van der Waals surface area (Å²) >= 11 is 5.55. The number of halogens is 4. The van der Waals surface area contributed by atoms with Crippen molar-refractivity contribution >= 4 is 11.6 Å². The Labute approximate surface area is 169 Å². The highest BCUT2D eigenvalue weighted by Gasteiger charge is 2.35. The molecule has 1 aliphatic rings. The highest BCUT2D eigenvalue weighted by atomic mass is 35.5. The van der Waals surface area contributed by atoms with Gasteiger partial charge in [0.1, 0.15) is 11.6 Å². The third-order valence-corrected chi connectivity index (χ3v) is 6.12. The van der Waals surface area contributed by atoms with Crippen molar-refractivity contribution in [2.75, 3.05) is 0 Å². The average molecular weight is 411 g/mol. The lowest BCUT2D eigenvalue weighted by Gasteiger charge is -2.27. The molecule has 1 aliphatic carbocycles. The fourth-order valence-corrected chi connectivity index (χ4v) is 4.03. The van der Waals surface area contributed by atoms with Crippen LogP contribution in [0.4, 0.5) is 13.2 Å². The molecule has 2 aromatic rings. The first-order valence-electron chi connectivity index (χ1n) is 9.98. The third kappa shape index (κ3) is 5.44. The van der Waals surface area contributed by atoms with Crippen LogP contribution in [-0.4, -0.2) is 0 Å². The molecule has 0 N–H and O–H groups in total. The van der Waals surface area contributed by atoms with Gasteiger partial charge in [0, 0.05) is 0 Å². The quantitative estimate of drug-likeness (QED) is 0.453. The first kappa shape index (κ1) is 21.0. The molecule has 0 spiro atoms. The van der Waals surface area contributed by atoms with E-state index in [-0.39, 0.29) is 10.8 Å². The van der Waals surface area contributed by atoms with Crippen LogP contribution in [0.3, 0.4) is 0 Å². The van der Waals surface area contributed by atoms with Crippen molar-refractivity contribution in [2.24, 2.45) is 11.8 Å². The largest absolute Gasteiger partial charge is 0.429 e. The number of alkyl halides is 2. The Morgan fingerprint density at radius 3 is 2.25 bits per heavy atom. The van der Waals surface area contributed by atoms with Crippen molar-refractivity contribution in [2.45, 2.75) is 58.0 Å². The smallest absolute Gasteiger partial charge is 0.426 e. The van der Waals surface area contributed by atoms with Gasteiger partial charge in [-0.3, -0.25) is 0 Å². The van der Waals surface area contributed by atoms with Gasteiger partial charge in [-0.2, -0.15) is 8.78 Å². The summed E-state index contributed by atoms with van der Waals surface area (Å²) in [6.45, 7) is 2.27. The minimum absolute atomic E-state index is 0.0487. The minimum atomic E-state index is -3.63. The first-order valence-corrected chi connectivity index (χ1v) is 10.4. The zero-order valence-electron chi connectivity index (χ0n) is 16.1. The molecule has 1 nitrogen and oxygen atoms in total. The van der Waals surface area contributed by atoms with Crippen molar-refractivity contribution in [3.8, 4) is 5.75 Å². The second-order valence-electron chi connectivity index (χ2n) is 7.73. The van der Waals surface area contributed by atoms with Crippen LogP contribution in [-0.2, 0) is 12.5 Å². The summed E-state index contributed by atoms with van der Waals surface area (Å²) in [6.07, 6.45) is 4.97. The van der Waals surface area contributed by atoms with Gasteiger partial charge in [-0.15, -0.1) is 0 Å². The fraction of sp³-hybridized carbons (Fsp3) is 0.478. The van der Waals surface area contributed by atoms with Crippen LogP contribution in [0.1, 0.15) is 56.6 Å². The Morgan fingerprint density at radius 2 is 1.64 bits per heavy atom. The van der Waals surface area contributed by atoms with Crippen molar-refractivity contribution in [1.82, 2.24) is 0 Å². The van der Waals surface area contributed by atoms with Crippen molar-refractivity contribution in [3.63, 3.8) is 0 Å². The maximum atomic E-state index is 14.3. The van der Waals surface area contributed by atoms with Gasteiger partial charge in [0.25, 0.3) is 0 Å². The van der Waals surface area contributed by atoms with E-state index in [0.717, 1.165) is 42.4 Å². The van der Waals surface area contributed by atoms with E-state index in [0.29, 0.717) is 6.07 Å². The van der Waals surface area contributed by atoms with E-state index >= 15 is 0 Å². The van der Waals surface area contributed by atoms with E-state index in [1.54, 1.807) is 12.1 Å². The van der Waals surface area contributed by atoms with Crippen LogP contribution in [0.25, 0.3) is 0 Å². The molecule has 0 heterocycles. The molecule has 5 heteroatoms. The standard InChI is InChI=1S/C23H26ClF3O/c1-2-16-3-5-17(6-4-16)7-8-18-9-12-20(13-10-18)28-23(26,27)19-11-14-21(24)22(25)15-19/h9-17H,2-8H2,1H3. The van der Waals surface area contributed by atoms with Crippen molar-refractivity contribution in [1.29, 1.82) is 0 Å². The second-order valence-corrected chi connectivity index (χ2v) is 8.13. The Bertz CT molecular complexity index is 768. The maximum absolute atomic E-state index is 14.3. The summed E-state index contributed by atoms with van der Waals surface area (Å²) in [5.41, 5.74) is 0.548. The van der Waals surface area contributed by atoms with Gasteiger partial charge >= 0.3 is 6.11 Å². The molecule has 0 saturated heterocycles. The lowest BCUT2D eigenvalue weighted by Crippen LogP contribution is -2.22. The Morgan fingerprint density at radius 1 is 1.00 bits per heavy atom. The van der Waals surface area contributed by atoms with Gasteiger partial charge in [-0.25, -0.2) is 4.39 Å². The molecule has 0 atom stereocenters. The summed E-state index contributed by atoms with van der Waals surface area (Å²) < 4.78 is 46.8. The minimum Gasteiger partial charge on any atom is -0.429 e. The number of benzene rings is 2. The van der Waals surface area contributed by atoms with Gasteiger partial charge in [0.05, 0.1) is 10.6 Å². The van der Waals surface area contributed by atoms with Crippen molar-refractivity contribution in [3.05, 3.63) is 64.4 Å². The normalized spacial score (nSPS) is 20.2. The van der Waals surface area contributed by atoms with E-state index in [1.807, 2.05) is 12.1 Å². The predicted molar refractivity (Wildman–Crippen MR) is 106 cm³/mol. The van der Waals surface area contributed by atoms with Crippen LogP contribution in [0.2, 0.25) is 5.02 Å². The summed E-state index contributed by atoms with van der Waals surface area (Å²) in [7, 11) is 0. The second kappa shape index (κ2) is 9.21. The number of hydrogen-bond acceptors (Lipinski definition) is 1. The Hall–Kier alpha value is -1.68. The van der Waals surface area contributed by atoms with E-state index in [2.05, 4.69) is 6.92 Å². The van der Waals surface area contributed by atoms with Gasteiger partial charge in [-0.1, -0.05) is 62.8 Å². The molecular weight excluding hydrogens is 385 g/mol. The monoisotopic (exact) mass is 410 g/mol. The first-order chi connectivity index (χ1) is 13.4. The van der Waals surface area contributed by atoms with Crippen LogP contribution >= 0.6 is 11.6 Å². The molecule has 28 heavy (non-hydrogen) atoms. The van der Waals surface area contributed by atoms with Gasteiger partial charge in [0.15, 0.2) is 0 Å². The molecule has 0 unspecified atom stereocenters. The fourth-order valence-electron chi connectivity index (χ4n) is 3.91. The number of aryl methyl sites for hydroxylation is 1. The molecule has 0 amide bonds. The van der Waals surface area contributed by atoms with Gasteiger partial charge < -0.3 is 4.74 Å². The predicted octanol–water partition coefficient (Wildman–Crippen LogP) is 7.76. The highest BCUT2D eigenvalue weighted by Crippen LogP contribution is 2.35.